The molecule has 2 aliphatic rings. The number of hydrogen-bond acceptors (Lipinski definition) is 2. The average molecular weight is 306 g/mol. The highest BCUT2D eigenvalue weighted by atomic mass is 35.5. The van der Waals surface area contributed by atoms with Gasteiger partial charge >= 0.3 is 6.09 Å². The van der Waals surface area contributed by atoms with Gasteiger partial charge in [0.25, 0.3) is 0 Å². The van der Waals surface area contributed by atoms with Gasteiger partial charge in [0.15, 0.2) is 0 Å². The van der Waals surface area contributed by atoms with Crippen LogP contribution in [0.2, 0.25) is 5.02 Å². The van der Waals surface area contributed by atoms with E-state index < -0.39 is 0 Å². The zero-order chi connectivity index (χ0) is 15.2. The molecule has 1 amide bonds. The van der Waals surface area contributed by atoms with Crippen LogP contribution in [0.1, 0.15) is 37.3 Å². The van der Waals surface area contributed by atoms with E-state index in [2.05, 4.69) is 19.6 Å². The minimum Gasteiger partial charge on any atom is -0.450 e. The van der Waals surface area contributed by atoms with Gasteiger partial charge in [-0.1, -0.05) is 37.2 Å². The topological polar surface area (TPSA) is 29.5 Å². The highest BCUT2D eigenvalue weighted by molar-refractivity contribution is 6.32. The quantitative estimate of drug-likeness (QED) is 0.773. The molecule has 1 aliphatic heterocycles. The highest BCUT2D eigenvalue weighted by Gasteiger charge is 2.49. The van der Waals surface area contributed by atoms with Crippen molar-refractivity contribution < 1.29 is 9.53 Å². The van der Waals surface area contributed by atoms with Crippen LogP contribution < -0.4 is 0 Å². The summed E-state index contributed by atoms with van der Waals surface area (Å²) in [6, 6.07) is 6.00. The number of nitrogens with zero attached hydrogens (tertiary/aromatic N) is 1. The summed E-state index contributed by atoms with van der Waals surface area (Å²) in [7, 11) is 0. The second-order valence-corrected chi connectivity index (χ2v) is 6.68. The SMILES string of the molecule is C=C1CC2(C)CN(C(=O)OCC)CC2c2cccc(Cl)c21. The van der Waals surface area contributed by atoms with E-state index in [0.717, 1.165) is 22.6 Å². The molecule has 1 aromatic carbocycles. The standard InChI is InChI=1S/C17H20ClNO2/c1-4-21-16(20)19-9-13-12-6-5-7-14(18)15(12)11(2)8-17(13,3)10-19/h5-7,13H,2,4,8-10H2,1,3H3. The van der Waals surface area contributed by atoms with Gasteiger partial charge in [-0.3, -0.25) is 0 Å². The van der Waals surface area contributed by atoms with Gasteiger partial charge in [-0.15, -0.1) is 0 Å². The fourth-order valence-corrected chi connectivity index (χ4v) is 4.15. The van der Waals surface area contributed by atoms with E-state index in [0.29, 0.717) is 25.6 Å². The van der Waals surface area contributed by atoms with Crippen LogP contribution in [-0.2, 0) is 4.74 Å². The van der Waals surface area contributed by atoms with Gasteiger partial charge in [-0.25, -0.2) is 4.79 Å². The molecule has 1 saturated heterocycles. The first-order chi connectivity index (χ1) is 9.96. The fourth-order valence-electron chi connectivity index (χ4n) is 3.84. The zero-order valence-corrected chi connectivity index (χ0v) is 13.2. The Morgan fingerprint density at radius 3 is 3.05 bits per heavy atom. The maximum absolute atomic E-state index is 12.0. The lowest BCUT2D eigenvalue weighted by atomic mass is 9.65. The van der Waals surface area contributed by atoms with E-state index >= 15 is 0 Å². The molecule has 1 aliphatic carbocycles. The second-order valence-electron chi connectivity index (χ2n) is 6.27. The Morgan fingerprint density at radius 2 is 2.33 bits per heavy atom. The Kier molecular flexibility index (Phi) is 3.48. The Balaban J connectivity index is 1.99. The third-order valence-corrected chi connectivity index (χ3v) is 5.03. The Morgan fingerprint density at radius 1 is 1.57 bits per heavy atom. The van der Waals surface area contributed by atoms with E-state index in [1.165, 1.54) is 5.56 Å². The van der Waals surface area contributed by atoms with Crippen LogP contribution in [0.3, 0.4) is 0 Å². The number of likely N-dealkylation sites (tertiary alicyclic amines) is 1. The van der Waals surface area contributed by atoms with Gasteiger partial charge in [-0.2, -0.15) is 0 Å². The van der Waals surface area contributed by atoms with Crippen LogP contribution in [0.4, 0.5) is 4.79 Å². The summed E-state index contributed by atoms with van der Waals surface area (Å²) in [5, 5.41) is 0.758. The molecular formula is C17H20ClNO2. The molecule has 0 spiro atoms. The second kappa shape index (κ2) is 5.06. The third kappa shape index (κ3) is 2.24. The highest BCUT2D eigenvalue weighted by Crippen LogP contribution is 2.54. The lowest BCUT2D eigenvalue weighted by Crippen LogP contribution is -2.32. The summed E-state index contributed by atoms with van der Waals surface area (Å²) in [6.07, 6.45) is 0.645. The van der Waals surface area contributed by atoms with Crippen molar-refractivity contribution in [3.8, 4) is 0 Å². The Hall–Kier alpha value is -1.48. The predicted octanol–water partition coefficient (Wildman–Crippen LogP) is 4.32. The maximum atomic E-state index is 12.0. The summed E-state index contributed by atoms with van der Waals surface area (Å²) in [4.78, 5) is 13.9. The molecule has 1 fully saturated rings. The molecule has 2 unspecified atom stereocenters. The number of halogens is 1. The number of carbonyl (C=O) groups is 1. The van der Waals surface area contributed by atoms with Crippen molar-refractivity contribution in [2.24, 2.45) is 5.41 Å². The van der Waals surface area contributed by atoms with E-state index in [1.807, 2.05) is 24.0 Å². The van der Waals surface area contributed by atoms with E-state index in [4.69, 9.17) is 16.3 Å². The number of benzene rings is 1. The van der Waals surface area contributed by atoms with Crippen molar-refractivity contribution in [1.29, 1.82) is 0 Å². The van der Waals surface area contributed by atoms with Crippen LogP contribution in [-0.4, -0.2) is 30.7 Å². The van der Waals surface area contributed by atoms with Gasteiger partial charge in [0.2, 0.25) is 0 Å². The van der Waals surface area contributed by atoms with Crippen LogP contribution in [0.15, 0.2) is 24.8 Å². The number of amides is 1. The first-order valence-electron chi connectivity index (χ1n) is 7.34. The van der Waals surface area contributed by atoms with E-state index in [9.17, 15) is 4.79 Å². The van der Waals surface area contributed by atoms with Gasteiger partial charge in [-0.05, 0) is 41.5 Å². The molecule has 2 atom stereocenters. The van der Waals surface area contributed by atoms with E-state index in [-0.39, 0.29) is 11.5 Å². The molecule has 0 radical (unpaired) electrons. The normalized spacial score (nSPS) is 27.3. The largest absolute Gasteiger partial charge is 0.450 e. The van der Waals surface area contributed by atoms with Gasteiger partial charge in [0, 0.05) is 24.0 Å². The van der Waals surface area contributed by atoms with Crippen molar-refractivity contribution in [2.45, 2.75) is 26.2 Å². The molecule has 0 bridgehead atoms. The first kappa shape index (κ1) is 14.5. The minimum absolute atomic E-state index is 0.0154. The molecular weight excluding hydrogens is 286 g/mol. The molecule has 4 heteroatoms. The van der Waals surface area contributed by atoms with E-state index in [1.54, 1.807) is 0 Å². The molecule has 1 heterocycles. The number of rotatable bonds is 1. The lowest BCUT2D eigenvalue weighted by molar-refractivity contribution is 0.111. The lowest BCUT2D eigenvalue weighted by Gasteiger charge is -2.38. The molecule has 1 aromatic rings. The molecule has 3 nitrogen and oxygen atoms in total. The number of allylic oxidation sites excluding steroid dienone is 1. The third-order valence-electron chi connectivity index (χ3n) is 4.71. The number of hydrogen-bond donors (Lipinski definition) is 0. The van der Waals surface area contributed by atoms with Crippen LogP contribution in [0, 0.1) is 5.41 Å². The summed E-state index contributed by atoms with van der Waals surface area (Å²) >= 11 is 6.36. The molecule has 0 saturated carbocycles. The number of fused-ring (bicyclic) bond motifs is 3. The molecule has 112 valence electrons. The summed E-state index contributed by atoms with van der Waals surface area (Å²) < 4.78 is 5.15. The molecule has 0 aromatic heterocycles. The fraction of sp³-hybridized carbons (Fsp3) is 0.471. The molecule has 0 N–H and O–H groups in total. The molecule has 21 heavy (non-hydrogen) atoms. The van der Waals surface area contributed by atoms with Crippen LogP contribution >= 0.6 is 11.6 Å². The summed E-state index contributed by atoms with van der Waals surface area (Å²) in [6.45, 7) is 10.1. The predicted molar refractivity (Wildman–Crippen MR) is 84.5 cm³/mol. The van der Waals surface area contributed by atoms with Crippen LogP contribution in [0.5, 0.6) is 0 Å². The van der Waals surface area contributed by atoms with Gasteiger partial charge < -0.3 is 9.64 Å². The summed E-state index contributed by atoms with van der Waals surface area (Å²) in [5.41, 5.74) is 3.38. The van der Waals surface area contributed by atoms with Crippen LogP contribution in [0.25, 0.3) is 5.57 Å². The molecule has 3 rings (SSSR count). The average Bonchev–Trinajstić information content (AvgIpc) is 2.76. The smallest absolute Gasteiger partial charge is 0.409 e. The number of carbonyl (C=O) groups excluding carboxylic acids is 1. The summed E-state index contributed by atoms with van der Waals surface area (Å²) in [5.74, 6) is 0.293. The maximum Gasteiger partial charge on any atom is 0.409 e. The van der Waals surface area contributed by atoms with Crippen molar-refractivity contribution in [3.05, 3.63) is 40.9 Å². The van der Waals surface area contributed by atoms with Crippen molar-refractivity contribution in [1.82, 2.24) is 4.90 Å². The van der Waals surface area contributed by atoms with Gasteiger partial charge in [0.1, 0.15) is 0 Å². The first-order valence-corrected chi connectivity index (χ1v) is 7.72. The van der Waals surface area contributed by atoms with Crippen molar-refractivity contribution >= 4 is 23.3 Å². The minimum atomic E-state index is -0.220. The number of ether oxygens (including phenoxy) is 1. The monoisotopic (exact) mass is 305 g/mol. The van der Waals surface area contributed by atoms with Crippen molar-refractivity contribution in [3.63, 3.8) is 0 Å². The Labute approximate surface area is 130 Å². The Bertz CT molecular complexity index is 613. The zero-order valence-electron chi connectivity index (χ0n) is 12.5. The van der Waals surface area contributed by atoms with Crippen molar-refractivity contribution in [2.75, 3.05) is 19.7 Å². The van der Waals surface area contributed by atoms with Gasteiger partial charge in [0.05, 0.1) is 6.61 Å².